The fourth-order valence-corrected chi connectivity index (χ4v) is 7.85. The molecule has 0 radical (unpaired) electrons. The van der Waals surface area contributed by atoms with E-state index in [1.54, 1.807) is 0 Å². The molecule has 0 N–H and O–H groups in total. The van der Waals surface area contributed by atoms with Crippen LogP contribution in [0.25, 0.3) is 77.2 Å². The monoisotopic (exact) mass is 689 g/mol. The summed E-state index contributed by atoms with van der Waals surface area (Å²) in [6.45, 7) is 0. The Morgan fingerprint density at radius 3 is 1.80 bits per heavy atom. The molecule has 0 amide bonds. The molecule has 254 valence electrons. The highest BCUT2D eigenvalue weighted by atomic mass is 16.3. The van der Waals surface area contributed by atoms with E-state index >= 15 is 0 Å². The molecule has 10 rings (SSSR count). The number of fused-ring (bicyclic) bond motifs is 4. The van der Waals surface area contributed by atoms with E-state index in [9.17, 15) is 0 Å². The molecule has 0 atom stereocenters. The molecule has 0 fully saturated rings. The van der Waals surface area contributed by atoms with E-state index < -0.39 is 0 Å². The van der Waals surface area contributed by atoms with Gasteiger partial charge in [0.2, 0.25) is 0 Å². The van der Waals surface area contributed by atoms with Crippen molar-refractivity contribution in [1.82, 2.24) is 0 Å². The maximum atomic E-state index is 6.85. The molecule has 2 nitrogen and oxygen atoms in total. The molecule has 1 aromatic heterocycles. The minimum Gasteiger partial charge on any atom is -0.455 e. The van der Waals surface area contributed by atoms with Gasteiger partial charge in [0.15, 0.2) is 0 Å². The molecular formula is C52H35NO. The first-order valence-corrected chi connectivity index (χ1v) is 18.4. The van der Waals surface area contributed by atoms with Gasteiger partial charge >= 0.3 is 0 Å². The van der Waals surface area contributed by atoms with Gasteiger partial charge in [0.05, 0.1) is 16.8 Å². The van der Waals surface area contributed by atoms with Crippen LogP contribution in [-0.4, -0.2) is 0 Å². The van der Waals surface area contributed by atoms with Crippen molar-refractivity contribution in [1.29, 1.82) is 0 Å². The summed E-state index contributed by atoms with van der Waals surface area (Å²) < 4.78 is 6.85. The maximum Gasteiger partial charge on any atom is 0.145 e. The zero-order valence-corrected chi connectivity index (χ0v) is 29.6. The third-order valence-electron chi connectivity index (χ3n) is 10.4. The summed E-state index contributed by atoms with van der Waals surface area (Å²) in [4.78, 5) is 2.42. The summed E-state index contributed by atoms with van der Waals surface area (Å²) in [6.07, 6.45) is 0. The number of rotatable bonds is 7. The van der Waals surface area contributed by atoms with Crippen LogP contribution in [0.5, 0.6) is 0 Å². The number of hydrogen-bond donors (Lipinski definition) is 0. The molecule has 0 bridgehead atoms. The quantitative estimate of drug-likeness (QED) is 0.166. The van der Waals surface area contributed by atoms with Crippen molar-refractivity contribution in [3.05, 3.63) is 212 Å². The van der Waals surface area contributed by atoms with Crippen molar-refractivity contribution in [3.8, 4) is 44.5 Å². The summed E-state index contributed by atoms with van der Waals surface area (Å²) in [5.41, 5.74) is 14.2. The Bertz CT molecular complexity index is 2940. The lowest BCUT2D eigenvalue weighted by Gasteiger charge is -2.29. The molecule has 0 spiro atoms. The van der Waals surface area contributed by atoms with E-state index in [4.69, 9.17) is 4.42 Å². The van der Waals surface area contributed by atoms with Gasteiger partial charge in [-0.25, -0.2) is 0 Å². The molecule has 0 aliphatic heterocycles. The lowest BCUT2D eigenvalue weighted by Crippen LogP contribution is -2.12. The average molecular weight is 690 g/mol. The van der Waals surface area contributed by atoms with E-state index in [1.807, 2.05) is 0 Å². The van der Waals surface area contributed by atoms with Crippen LogP contribution in [0, 0.1) is 0 Å². The van der Waals surface area contributed by atoms with Gasteiger partial charge in [-0.1, -0.05) is 164 Å². The van der Waals surface area contributed by atoms with Crippen molar-refractivity contribution in [2.24, 2.45) is 0 Å². The summed E-state index contributed by atoms with van der Waals surface area (Å²) in [6, 6.07) is 75.8. The topological polar surface area (TPSA) is 16.4 Å². The highest BCUT2D eigenvalue weighted by Crippen LogP contribution is 2.48. The van der Waals surface area contributed by atoms with Crippen LogP contribution in [0.2, 0.25) is 0 Å². The van der Waals surface area contributed by atoms with Crippen LogP contribution in [0.15, 0.2) is 217 Å². The Morgan fingerprint density at radius 1 is 0.333 bits per heavy atom. The number of para-hydroxylation sites is 2. The molecule has 2 heteroatoms. The Morgan fingerprint density at radius 2 is 0.963 bits per heavy atom. The van der Waals surface area contributed by atoms with Gasteiger partial charge in [0.1, 0.15) is 11.2 Å². The van der Waals surface area contributed by atoms with Crippen molar-refractivity contribution < 1.29 is 4.42 Å². The van der Waals surface area contributed by atoms with E-state index in [2.05, 4.69) is 217 Å². The predicted molar refractivity (Wildman–Crippen MR) is 228 cm³/mol. The molecule has 9 aromatic carbocycles. The molecular weight excluding hydrogens is 655 g/mol. The van der Waals surface area contributed by atoms with Crippen molar-refractivity contribution in [3.63, 3.8) is 0 Å². The first kappa shape index (κ1) is 31.6. The van der Waals surface area contributed by atoms with Crippen molar-refractivity contribution in [2.45, 2.75) is 0 Å². The largest absolute Gasteiger partial charge is 0.455 e. The summed E-state index contributed by atoms with van der Waals surface area (Å²) in [7, 11) is 0. The number of anilines is 3. The minimum absolute atomic E-state index is 0.866. The second kappa shape index (κ2) is 13.4. The Hall–Kier alpha value is -7.16. The van der Waals surface area contributed by atoms with E-state index in [1.165, 1.54) is 27.5 Å². The van der Waals surface area contributed by atoms with Gasteiger partial charge in [0.25, 0.3) is 0 Å². The summed E-state index contributed by atoms with van der Waals surface area (Å²) in [5, 5.41) is 4.58. The van der Waals surface area contributed by atoms with Gasteiger partial charge in [-0.15, -0.1) is 0 Å². The highest BCUT2D eigenvalue weighted by molar-refractivity contribution is 6.17. The normalized spacial score (nSPS) is 11.3. The molecule has 0 aliphatic rings. The zero-order chi connectivity index (χ0) is 35.8. The molecule has 0 unspecified atom stereocenters. The average Bonchev–Trinajstić information content (AvgIpc) is 3.65. The van der Waals surface area contributed by atoms with E-state index in [-0.39, 0.29) is 0 Å². The van der Waals surface area contributed by atoms with Crippen LogP contribution in [-0.2, 0) is 0 Å². The SMILES string of the molecule is c1ccc(-c2cccc(-c3cccc(N(c4ccccc4-c4ccccc4)c4ccc(-c5ccc6ccccc6c5)c5oc6ccccc6c45)c3)c2)cc1. The van der Waals surface area contributed by atoms with Gasteiger partial charge in [-0.05, 0) is 92.7 Å². The van der Waals surface area contributed by atoms with Gasteiger partial charge in [-0.2, -0.15) is 0 Å². The zero-order valence-electron chi connectivity index (χ0n) is 29.6. The van der Waals surface area contributed by atoms with Crippen molar-refractivity contribution >= 4 is 49.8 Å². The van der Waals surface area contributed by atoms with Crippen LogP contribution in [0.1, 0.15) is 0 Å². The summed E-state index contributed by atoms with van der Waals surface area (Å²) >= 11 is 0. The lowest BCUT2D eigenvalue weighted by atomic mass is 9.96. The van der Waals surface area contributed by atoms with Crippen LogP contribution >= 0.6 is 0 Å². The fraction of sp³-hybridized carbons (Fsp3) is 0. The molecule has 0 saturated carbocycles. The Balaban J connectivity index is 1.22. The molecule has 0 aliphatic carbocycles. The van der Waals surface area contributed by atoms with Gasteiger partial charge < -0.3 is 9.32 Å². The Kier molecular flexibility index (Phi) is 7.85. The second-order valence-corrected chi connectivity index (χ2v) is 13.7. The third kappa shape index (κ3) is 5.62. The molecule has 0 saturated heterocycles. The van der Waals surface area contributed by atoms with Crippen LogP contribution in [0.4, 0.5) is 17.1 Å². The smallest absolute Gasteiger partial charge is 0.145 e. The maximum absolute atomic E-state index is 6.85. The third-order valence-corrected chi connectivity index (χ3v) is 10.4. The molecule has 1 heterocycles. The Labute approximate surface area is 314 Å². The first-order valence-electron chi connectivity index (χ1n) is 18.4. The van der Waals surface area contributed by atoms with E-state index in [0.29, 0.717) is 0 Å². The van der Waals surface area contributed by atoms with Gasteiger partial charge in [-0.3, -0.25) is 0 Å². The highest BCUT2D eigenvalue weighted by Gasteiger charge is 2.24. The molecule has 54 heavy (non-hydrogen) atoms. The standard InChI is InChI=1S/C52H35NO/c1-3-15-36(16-4-1)40-21-13-22-41(33-40)42-23-14-24-44(35-42)53(48-27-11-9-25-45(48)38-18-5-2-6-19-38)49-32-31-46(43-30-29-37-17-7-8-20-39(37)34-43)52-51(49)47-26-10-12-28-50(47)54-52/h1-35H. The van der Waals surface area contributed by atoms with Gasteiger partial charge in [0, 0.05) is 22.2 Å². The number of furan rings is 1. The van der Waals surface area contributed by atoms with Crippen LogP contribution < -0.4 is 4.90 Å². The van der Waals surface area contributed by atoms with E-state index in [0.717, 1.165) is 66.8 Å². The number of nitrogens with zero attached hydrogens (tertiary/aromatic N) is 1. The predicted octanol–water partition coefficient (Wildman–Crippen LogP) is 14.9. The second-order valence-electron chi connectivity index (χ2n) is 13.7. The molecule has 10 aromatic rings. The lowest BCUT2D eigenvalue weighted by molar-refractivity contribution is 0.670. The fourth-order valence-electron chi connectivity index (χ4n) is 7.85. The summed E-state index contributed by atoms with van der Waals surface area (Å²) in [5.74, 6) is 0. The first-order chi connectivity index (χ1) is 26.8. The van der Waals surface area contributed by atoms with Crippen LogP contribution in [0.3, 0.4) is 0 Å². The minimum atomic E-state index is 0.866. The van der Waals surface area contributed by atoms with Crippen molar-refractivity contribution in [2.75, 3.05) is 4.90 Å². The number of hydrogen-bond acceptors (Lipinski definition) is 2. The number of benzene rings is 9.